The van der Waals surface area contributed by atoms with Crippen molar-refractivity contribution in [3.8, 4) is 5.75 Å². The summed E-state index contributed by atoms with van der Waals surface area (Å²) in [6.07, 6.45) is -2.14. The normalized spacial score (nSPS) is 11.7. The fraction of sp³-hybridized carbons (Fsp3) is 0.368. The maximum Gasteiger partial charge on any atom is 0.422 e. The Morgan fingerprint density at radius 1 is 1.23 bits per heavy atom. The lowest BCUT2D eigenvalue weighted by molar-refractivity contribution is -0.153. The first kappa shape index (κ1) is 21.3. The van der Waals surface area contributed by atoms with Crippen LogP contribution in [0.1, 0.15) is 11.4 Å². The number of carbonyl (C=O) groups is 1. The van der Waals surface area contributed by atoms with E-state index in [1.807, 2.05) is 0 Å². The molecule has 30 heavy (non-hydrogen) atoms. The van der Waals surface area contributed by atoms with Crippen LogP contribution < -0.4 is 10.4 Å². The van der Waals surface area contributed by atoms with E-state index >= 15 is 0 Å². The molecule has 0 saturated carbocycles. The molecule has 160 valence electrons. The Bertz CT molecular complexity index is 1130. The van der Waals surface area contributed by atoms with Crippen molar-refractivity contribution in [3.05, 3.63) is 52.3 Å². The van der Waals surface area contributed by atoms with Crippen molar-refractivity contribution in [1.29, 1.82) is 0 Å². The SMILES string of the molecule is CN(C)C(=O)n1c(=O)n(C)c2cnc(CCc3cccc(OCC(F)(F)F)c3)nc21. The number of alkyl halides is 3. The van der Waals surface area contributed by atoms with Gasteiger partial charge < -0.3 is 9.64 Å². The van der Waals surface area contributed by atoms with Crippen molar-refractivity contribution in [3.63, 3.8) is 0 Å². The van der Waals surface area contributed by atoms with Crippen molar-refractivity contribution in [2.75, 3.05) is 20.7 Å². The van der Waals surface area contributed by atoms with Gasteiger partial charge in [-0.2, -0.15) is 17.7 Å². The van der Waals surface area contributed by atoms with E-state index in [-0.39, 0.29) is 11.4 Å². The van der Waals surface area contributed by atoms with Crippen molar-refractivity contribution in [2.24, 2.45) is 7.05 Å². The number of rotatable bonds is 5. The molecule has 0 fully saturated rings. The molecule has 1 aromatic carbocycles. The average Bonchev–Trinajstić information content (AvgIpc) is 2.94. The van der Waals surface area contributed by atoms with Gasteiger partial charge in [0.15, 0.2) is 12.3 Å². The largest absolute Gasteiger partial charge is 0.484 e. The Balaban J connectivity index is 1.81. The van der Waals surface area contributed by atoms with Gasteiger partial charge in [0.1, 0.15) is 17.1 Å². The van der Waals surface area contributed by atoms with Crippen molar-refractivity contribution in [1.82, 2.24) is 24.0 Å². The molecule has 2 heterocycles. The van der Waals surface area contributed by atoms with Gasteiger partial charge in [-0.3, -0.25) is 4.57 Å². The number of nitrogens with zero attached hydrogens (tertiary/aromatic N) is 5. The Hall–Kier alpha value is -3.37. The molecule has 0 aliphatic rings. The van der Waals surface area contributed by atoms with Crippen LogP contribution in [0.4, 0.5) is 18.0 Å². The first-order chi connectivity index (χ1) is 14.1. The van der Waals surface area contributed by atoms with E-state index in [9.17, 15) is 22.8 Å². The van der Waals surface area contributed by atoms with E-state index in [0.717, 1.165) is 10.1 Å². The monoisotopic (exact) mass is 423 g/mol. The number of amides is 1. The van der Waals surface area contributed by atoms with Crippen molar-refractivity contribution in [2.45, 2.75) is 19.0 Å². The van der Waals surface area contributed by atoms with Crippen LogP contribution in [0, 0.1) is 0 Å². The van der Waals surface area contributed by atoms with E-state index in [0.29, 0.717) is 24.2 Å². The fourth-order valence-electron chi connectivity index (χ4n) is 2.85. The second-order valence-corrected chi connectivity index (χ2v) is 6.90. The van der Waals surface area contributed by atoms with Gasteiger partial charge in [-0.05, 0) is 24.1 Å². The average molecular weight is 423 g/mol. The summed E-state index contributed by atoms with van der Waals surface area (Å²) in [5.41, 5.74) is 0.841. The molecule has 0 unspecified atom stereocenters. The summed E-state index contributed by atoms with van der Waals surface area (Å²) >= 11 is 0. The van der Waals surface area contributed by atoms with Crippen LogP contribution in [-0.4, -0.2) is 56.9 Å². The Kier molecular flexibility index (Phi) is 5.81. The Morgan fingerprint density at radius 2 is 1.97 bits per heavy atom. The highest BCUT2D eigenvalue weighted by Crippen LogP contribution is 2.20. The first-order valence-corrected chi connectivity index (χ1v) is 9.00. The second kappa shape index (κ2) is 8.17. The number of imidazole rings is 1. The fourth-order valence-corrected chi connectivity index (χ4v) is 2.85. The van der Waals surface area contributed by atoms with Gasteiger partial charge >= 0.3 is 17.9 Å². The second-order valence-electron chi connectivity index (χ2n) is 6.90. The zero-order valence-electron chi connectivity index (χ0n) is 16.6. The molecular formula is C19H20F3N5O3. The van der Waals surface area contributed by atoms with E-state index in [1.54, 1.807) is 12.1 Å². The number of carbonyl (C=O) groups excluding carboxylic acids is 1. The number of ether oxygens (including phenoxy) is 1. The summed E-state index contributed by atoms with van der Waals surface area (Å²) in [7, 11) is 4.59. The molecule has 8 nitrogen and oxygen atoms in total. The van der Waals surface area contributed by atoms with Crippen LogP contribution in [0.15, 0.2) is 35.3 Å². The standard InChI is InChI=1S/C19H20F3N5O3/c1-25(2)17(28)27-16-14(26(3)18(27)29)10-23-15(24-16)8-7-12-5-4-6-13(9-12)30-11-19(20,21)22/h4-6,9-10H,7-8,11H2,1-3H3. The summed E-state index contributed by atoms with van der Waals surface area (Å²) in [4.78, 5) is 34.7. The number of hydrogen-bond acceptors (Lipinski definition) is 5. The Labute approximate surface area is 169 Å². The molecule has 0 aliphatic heterocycles. The van der Waals surface area contributed by atoms with Crippen molar-refractivity contribution < 1.29 is 22.7 Å². The summed E-state index contributed by atoms with van der Waals surface area (Å²) < 4.78 is 44.0. The lowest BCUT2D eigenvalue weighted by Gasteiger charge is -2.10. The number of benzene rings is 1. The van der Waals surface area contributed by atoms with Gasteiger partial charge in [-0.15, -0.1) is 0 Å². The molecule has 0 N–H and O–H groups in total. The van der Waals surface area contributed by atoms with E-state index < -0.39 is 24.5 Å². The Morgan fingerprint density at radius 3 is 2.63 bits per heavy atom. The zero-order valence-corrected chi connectivity index (χ0v) is 16.6. The van der Waals surface area contributed by atoms with Gasteiger partial charge in [0.25, 0.3) is 0 Å². The minimum Gasteiger partial charge on any atom is -0.484 e. The quantitative estimate of drug-likeness (QED) is 0.630. The summed E-state index contributed by atoms with van der Waals surface area (Å²) in [5.74, 6) is 0.518. The van der Waals surface area contributed by atoms with Crippen LogP contribution >= 0.6 is 0 Å². The van der Waals surface area contributed by atoms with E-state index in [1.165, 1.54) is 48.9 Å². The van der Waals surface area contributed by atoms with Gasteiger partial charge in [0.05, 0.1) is 6.20 Å². The highest BCUT2D eigenvalue weighted by Gasteiger charge is 2.28. The zero-order chi connectivity index (χ0) is 22.1. The van der Waals surface area contributed by atoms with E-state index in [2.05, 4.69) is 9.97 Å². The summed E-state index contributed by atoms with van der Waals surface area (Å²) in [5, 5.41) is 0. The van der Waals surface area contributed by atoms with E-state index in [4.69, 9.17) is 4.74 Å². The highest BCUT2D eigenvalue weighted by molar-refractivity contribution is 5.86. The van der Waals surface area contributed by atoms with Crippen LogP contribution in [-0.2, 0) is 19.9 Å². The summed E-state index contributed by atoms with van der Waals surface area (Å²) in [6, 6.07) is 5.82. The third kappa shape index (κ3) is 4.61. The molecule has 0 radical (unpaired) electrons. The third-order valence-corrected chi connectivity index (χ3v) is 4.36. The van der Waals surface area contributed by atoms with Gasteiger partial charge in [0.2, 0.25) is 0 Å². The van der Waals surface area contributed by atoms with Crippen LogP contribution in [0.25, 0.3) is 11.2 Å². The molecule has 0 saturated heterocycles. The topological polar surface area (TPSA) is 82.2 Å². The lowest BCUT2D eigenvalue weighted by atomic mass is 10.1. The predicted molar refractivity (Wildman–Crippen MR) is 103 cm³/mol. The molecule has 3 rings (SSSR count). The van der Waals surface area contributed by atoms with Gasteiger partial charge in [0, 0.05) is 27.6 Å². The molecular weight excluding hydrogens is 403 g/mol. The molecule has 0 aliphatic carbocycles. The number of halogens is 3. The maximum atomic E-state index is 12.4. The molecule has 3 aromatic rings. The number of aryl methyl sites for hydroxylation is 3. The molecule has 11 heteroatoms. The summed E-state index contributed by atoms with van der Waals surface area (Å²) in [6.45, 7) is -1.36. The minimum absolute atomic E-state index is 0.120. The first-order valence-electron chi connectivity index (χ1n) is 9.00. The molecule has 2 aromatic heterocycles. The molecule has 0 bridgehead atoms. The van der Waals surface area contributed by atoms with Gasteiger partial charge in [-0.25, -0.2) is 19.6 Å². The lowest BCUT2D eigenvalue weighted by Crippen LogP contribution is -2.35. The van der Waals surface area contributed by atoms with Crippen LogP contribution in [0.3, 0.4) is 0 Å². The highest BCUT2D eigenvalue weighted by atomic mass is 19.4. The predicted octanol–water partition coefficient (Wildman–Crippen LogP) is 2.39. The molecule has 0 spiro atoms. The number of fused-ring (bicyclic) bond motifs is 1. The van der Waals surface area contributed by atoms with Crippen LogP contribution in [0.5, 0.6) is 5.75 Å². The maximum absolute atomic E-state index is 12.4. The number of hydrogen-bond donors (Lipinski definition) is 0. The molecule has 0 atom stereocenters. The third-order valence-electron chi connectivity index (χ3n) is 4.36. The van der Waals surface area contributed by atoms with Crippen LogP contribution in [0.2, 0.25) is 0 Å². The smallest absolute Gasteiger partial charge is 0.422 e. The van der Waals surface area contributed by atoms with Crippen molar-refractivity contribution >= 4 is 17.2 Å². The number of aromatic nitrogens is 4. The van der Waals surface area contributed by atoms with Gasteiger partial charge in [-0.1, -0.05) is 12.1 Å². The molecule has 1 amide bonds. The minimum atomic E-state index is -4.41.